The van der Waals surface area contributed by atoms with E-state index in [1.807, 2.05) is 12.1 Å². The van der Waals surface area contributed by atoms with E-state index in [4.69, 9.17) is 22.1 Å². The molecule has 6 nitrogen and oxygen atoms in total. The summed E-state index contributed by atoms with van der Waals surface area (Å²) in [6, 6.07) is 16.8. The van der Waals surface area contributed by atoms with Gasteiger partial charge in [-0.05, 0) is 73.6 Å². The molecule has 174 valence electrons. The smallest absolute Gasteiger partial charge is 0.173 e. The van der Waals surface area contributed by atoms with Crippen LogP contribution in [0.1, 0.15) is 26.2 Å². The zero-order valence-corrected chi connectivity index (χ0v) is 20.1. The van der Waals surface area contributed by atoms with E-state index in [9.17, 15) is 0 Å². The Morgan fingerprint density at radius 2 is 1.47 bits per heavy atom. The zero-order chi connectivity index (χ0) is 22.8. The number of anilines is 3. The molecule has 2 aromatic carbocycles. The number of methoxy groups -OCH3 is 1. The molecule has 0 amide bonds. The van der Waals surface area contributed by atoms with Crippen LogP contribution in [0.2, 0.25) is 0 Å². The van der Waals surface area contributed by atoms with Crippen LogP contribution in [-0.4, -0.2) is 68.1 Å². The van der Waals surface area contributed by atoms with Crippen molar-refractivity contribution in [2.45, 2.75) is 26.2 Å². The summed E-state index contributed by atoms with van der Waals surface area (Å²) in [7, 11) is 1.70. The predicted octanol–water partition coefficient (Wildman–Crippen LogP) is 4.20. The summed E-state index contributed by atoms with van der Waals surface area (Å²) in [5, 5.41) is 13.3. The van der Waals surface area contributed by atoms with Crippen LogP contribution < -0.4 is 19.9 Å². The standard InChI is InChI=1S/C25H36N4O2S/c1-3-4-14-29(15-5-20-30)25(32)26-21-6-8-22(9-7-21)27-16-18-28(19-17-27)23-10-12-24(31-2)13-11-23/h6-13,30H,3-5,14-20H2,1-2H3,(H,26,32). The van der Waals surface area contributed by atoms with E-state index < -0.39 is 0 Å². The van der Waals surface area contributed by atoms with Gasteiger partial charge >= 0.3 is 0 Å². The summed E-state index contributed by atoms with van der Waals surface area (Å²) in [5.74, 6) is 0.891. The van der Waals surface area contributed by atoms with Gasteiger partial charge in [0.15, 0.2) is 5.11 Å². The quantitative estimate of drug-likeness (QED) is 0.520. The molecule has 0 radical (unpaired) electrons. The average molecular weight is 457 g/mol. The Hall–Kier alpha value is -2.51. The molecule has 0 aromatic heterocycles. The highest BCUT2D eigenvalue weighted by molar-refractivity contribution is 7.80. The number of rotatable bonds is 10. The van der Waals surface area contributed by atoms with E-state index in [1.54, 1.807) is 7.11 Å². The number of ether oxygens (including phenoxy) is 1. The maximum Gasteiger partial charge on any atom is 0.173 e. The molecule has 32 heavy (non-hydrogen) atoms. The largest absolute Gasteiger partial charge is 0.497 e. The van der Waals surface area contributed by atoms with E-state index in [-0.39, 0.29) is 6.61 Å². The minimum atomic E-state index is 0.186. The number of nitrogens with zero attached hydrogens (tertiary/aromatic N) is 3. The Labute approximate surface area is 197 Å². The molecule has 0 bridgehead atoms. The first-order chi connectivity index (χ1) is 15.6. The Kier molecular flexibility index (Phi) is 9.43. The number of hydrogen-bond donors (Lipinski definition) is 2. The van der Waals surface area contributed by atoms with Crippen molar-refractivity contribution in [1.29, 1.82) is 0 Å². The first kappa shape index (κ1) is 24.1. The molecule has 7 heteroatoms. The molecule has 0 aliphatic carbocycles. The lowest BCUT2D eigenvalue weighted by molar-refractivity contribution is 0.266. The van der Waals surface area contributed by atoms with Crippen LogP contribution >= 0.6 is 12.2 Å². The number of aliphatic hydroxyl groups is 1. The highest BCUT2D eigenvalue weighted by atomic mass is 32.1. The molecule has 1 heterocycles. The van der Waals surface area contributed by atoms with Gasteiger partial charge in [0.2, 0.25) is 0 Å². The molecule has 3 rings (SSSR count). The fourth-order valence-electron chi connectivity index (χ4n) is 3.90. The third-order valence-corrected chi connectivity index (χ3v) is 6.22. The van der Waals surface area contributed by atoms with E-state index in [0.29, 0.717) is 0 Å². The second-order valence-electron chi connectivity index (χ2n) is 8.07. The van der Waals surface area contributed by atoms with Gasteiger partial charge in [0.05, 0.1) is 7.11 Å². The predicted molar refractivity (Wildman–Crippen MR) is 138 cm³/mol. The third-order valence-electron chi connectivity index (χ3n) is 5.86. The molecular weight excluding hydrogens is 420 g/mol. The van der Waals surface area contributed by atoms with Crippen LogP contribution in [0.5, 0.6) is 5.75 Å². The van der Waals surface area contributed by atoms with Gasteiger partial charge in [0.25, 0.3) is 0 Å². The second kappa shape index (κ2) is 12.5. The Morgan fingerprint density at radius 1 is 0.938 bits per heavy atom. The first-order valence-corrected chi connectivity index (χ1v) is 12.0. The number of benzene rings is 2. The summed E-state index contributed by atoms with van der Waals surface area (Å²) in [5.41, 5.74) is 3.48. The number of hydrogen-bond acceptors (Lipinski definition) is 5. The van der Waals surface area contributed by atoms with Crippen LogP contribution in [0.25, 0.3) is 0 Å². The van der Waals surface area contributed by atoms with Gasteiger partial charge in [-0.15, -0.1) is 0 Å². The summed E-state index contributed by atoms with van der Waals surface area (Å²) < 4.78 is 5.26. The summed E-state index contributed by atoms with van der Waals surface area (Å²) in [4.78, 5) is 7.00. The number of unbranched alkanes of at least 4 members (excludes halogenated alkanes) is 1. The lowest BCUT2D eigenvalue weighted by atomic mass is 10.2. The average Bonchev–Trinajstić information content (AvgIpc) is 2.85. The Balaban J connectivity index is 1.52. The topological polar surface area (TPSA) is 51.2 Å². The van der Waals surface area contributed by atoms with Gasteiger partial charge in [0, 0.05) is 62.9 Å². The van der Waals surface area contributed by atoms with E-state index >= 15 is 0 Å². The SMILES string of the molecule is CCCCN(CCCO)C(=S)Nc1ccc(N2CCN(c3ccc(OC)cc3)CC2)cc1. The fraction of sp³-hybridized carbons (Fsp3) is 0.480. The Morgan fingerprint density at radius 3 is 1.97 bits per heavy atom. The molecule has 2 aromatic rings. The number of nitrogens with one attached hydrogen (secondary N) is 1. The van der Waals surface area contributed by atoms with E-state index in [1.165, 1.54) is 11.4 Å². The van der Waals surface area contributed by atoms with Crippen molar-refractivity contribution in [1.82, 2.24) is 4.90 Å². The van der Waals surface area contributed by atoms with Crippen LogP contribution in [0.4, 0.5) is 17.1 Å². The van der Waals surface area contributed by atoms with Gasteiger partial charge in [-0.1, -0.05) is 13.3 Å². The second-order valence-corrected chi connectivity index (χ2v) is 8.45. The highest BCUT2D eigenvalue weighted by Crippen LogP contribution is 2.24. The van der Waals surface area contributed by atoms with E-state index in [2.05, 4.69) is 63.3 Å². The van der Waals surface area contributed by atoms with Crippen molar-refractivity contribution < 1.29 is 9.84 Å². The minimum Gasteiger partial charge on any atom is -0.497 e. The normalized spacial score (nSPS) is 13.7. The van der Waals surface area contributed by atoms with Crippen LogP contribution in [0.3, 0.4) is 0 Å². The summed E-state index contributed by atoms with van der Waals surface area (Å²) in [6.45, 7) is 8.02. The van der Waals surface area contributed by atoms with Crippen LogP contribution in [-0.2, 0) is 0 Å². The van der Waals surface area contributed by atoms with Crippen molar-refractivity contribution in [2.24, 2.45) is 0 Å². The number of thiocarbonyl (C=S) groups is 1. The molecule has 1 fully saturated rings. The monoisotopic (exact) mass is 456 g/mol. The van der Waals surface area contributed by atoms with Crippen molar-refractivity contribution in [3.05, 3.63) is 48.5 Å². The maximum absolute atomic E-state index is 9.17. The van der Waals surface area contributed by atoms with Crippen molar-refractivity contribution in [3.63, 3.8) is 0 Å². The van der Waals surface area contributed by atoms with Crippen molar-refractivity contribution in [2.75, 3.05) is 68.1 Å². The van der Waals surface area contributed by atoms with Gasteiger partial charge in [-0.2, -0.15) is 0 Å². The fourth-order valence-corrected chi connectivity index (χ4v) is 4.20. The molecule has 2 N–H and O–H groups in total. The Bertz CT molecular complexity index is 813. The molecule has 0 saturated carbocycles. The molecular formula is C25H36N4O2S. The molecule has 0 atom stereocenters. The minimum absolute atomic E-state index is 0.186. The lowest BCUT2D eigenvalue weighted by Crippen LogP contribution is -2.46. The third kappa shape index (κ3) is 6.74. The molecule has 1 saturated heterocycles. The van der Waals surface area contributed by atoms with E-state index in [0.717, 1.165) is 75.1 Å². The summed E-state index contributed by atoms with van der Waals surface area (Å²) in [6.07, 6.45) is 2.94. The first-order valence-electron chi connectivity index (χ1n) is 11.6. The number of piperazine rings is 1. The summed E-state index contributed by atoms with van der Waals surface area (Å²) >= 11 is 5.63. The van der Waals surface area contributed by atoms with Gasteiger partial charge in [-0.25, -0.2) is 0 Å². The lowest BCUT2D eigenvalue weighted by Gasteiger charge is -2.37. The molecule has 0 spiro atoms. The van der Waals surface area contributed by atoms with Crippen LogP contribution in [0.15, 0.2) is 48.5 Å². The van der Waals surface area contributed by atoms with Crippen molar-refractivity contribution >= 4 is 34.4 Å². The van der Waals surface area contributed by atoms with Crippen molar-refractivity contribution in [3.8, 4) is 5.75 Å². The number of aliphatic hydroxyl groups excluding tert-OH is 1. The molecule has 1 aliphatic rings. The van der Waals surface area contributed by atoms with Gasteiger partial charge < -0.3 is 29.9 Å². The highest BCUT2D eigenvalue weighted by Gasteiger charge is 2.18. The van der Waals surface area contributed by atoms with Crippen LogP contribution in [0, 0.1) is 0 Å². The molecule has 0 unspecified atom stereocenters. The van der Waals surface area contributed by atoms with Gasteiger partial charge in [0.1, 0.15) is 5.75 Å². The zero-order valence-electron chi connectivity index (χ0n) is 19.3. The van der Waals surface area contributed by atoms with Gasteiger partial charge in [-0.3, -0.25) is 0 Å². The maximum atomic E-state index is 9.17. The molecule has 1 aliphatic heterocycles.